The fraction of sp³-hybridized carbons (Fsp3) is 0.333. The van der Waals surface area contributed by atoms with Crippen LogP contribution in [-0.4, -0.2) is 13.6 Å². The van der Waals surface area contributed by atoms with Crippen molar-refractivity contribution in [3.05, 3.63) is 49.0 Å². The van der Waals surface area contributed by atoms with Crippen LogP contribution in [0.1, 0.15) is 17.4 Å². The lowest BCUT2D eigenvalue weighted by Gasteiger charge is -2.20. The average molecular weight is 418 g/mol. The summed E-state index contributed by atoms with van der Waals surface area (Å²) in [5, 5.41) is 5.47. The Morgan fingerprint density at radius 1 is 1.25 bits per heavy atom. The first kappa shape index (κ1) is 16.0. The van der Waals surface area contributed by atoms with Gasteiger partial charge in [0.15, 0.2) is 0 Å². The number of halogens is 2. The lowest BCUT2D eigenvalue weighted by Crippen LogP contribution is -2.16. The summed E-state index contributed by atoms with van der Waals surface area (Å²) in [5.74, 6) is 0. The van der Waals surface area contributed by atoms with Crippen molar-refractivity contribution in [1.29, 1.82) is 0 Å². The molecule has 2 rings (SSSR count). The first-order valence-electron chi connectivity index (χ1n) is 6.53. The van der Waals surface area contributed by atoms with Crippen LogP contribution in [0, 0.1) is 0 Å². The van der Waals surface area contributed by atoms with Gasteiger partial charge in [-0.05, 0) is 62.2 Å². The predicted molar refractivity (Wildman–Crippen MR) is 95.6 cm³/mol. The van der Waals surface area contributed by atoms with Gasteiger partial charge in [0.2, 0.25) is 0 Å². The van der Waals surface area contributed by atoms with Gasteiger partial charge in [0.1, 0.15) is 0 Å². The van der Waals surface area contributed by atoms with Crippen molar-refractivity contribution in [1.82, 2.24) is 5.32 Å². The summed E-state index contributed by atoms with van der Waals surface area (Å²) >= 11 is 8.96. The second-order valence-corrected chi connectivity index (χ2v) is 7.42. The molecule has 0 spiro atoms. The van der Waals surface area contributed by atoms with Crippen LogP contribution in [-0.2, 0) is 13.1 Å². The van der Waals surface area contributed by atoms with Crippen molar-refractivity contribution < 1.29 is 0 Å². The molecule has 0 aliphatic heterocycles. The van der Waals surface area contributed by atoms with Crippen LogP contribution in [0.4, 0.5) is 5.69 Å². The number of anilines is 1. The molecule has 1 aromatic carbocycles. The highest BCUT2D eigenvalue weighted by molar-refractivity contribution is 9.10. The summed E-state index contributed by atoms with van der Waals surface area (Å²) in [6.45, 7) is 4.95. The molecule has 1 N–H and O–H groups in total. The van der Waals surface area contributed by atoms with Crippen LogP contribution in [0.3, 0.4) is 0 Å². The zero-order chi connectivity index (χ0) is 14.5. The Bertz CT molecular complexity index is 569. The number of nitrogens with one attached hydrogen (secondary N) is 1. The Morgan fingerprint density at radius 2 is 2.05 bits per heavy atom. The topological polar surface area (TPSA) is 15.3 Å². The minimum absolute atomic E-state index is 0.914. The molecule has 0 aliphatic carbocycles. The van der Waals surface area contributed by atoms with Crippen LogP contribution < -0.4 is 10.2 Å². The molecule has 5 heteroatoms. The monoisotopic (exact) mass is 416 g/mol. The molecule has 0 unspecified atom stereocenters. The molecule has 2 aromatic rings. The maximum absolute atomic E-state index is 3.68. The molecule has 1 heterocycles. The molecule has 2 nitrogen and oxygen atoms in total. The van der Waals surface area contributed by atoms with E-state index in [1.54, 1.807) is 11.3 Å². The second kappa shape index (κ2) is 7.59. The van der Waals surface area contributed by atoms with E-state index in [0.717, 1.165) is 28.6 Å². The van der Waals surface area contributed by atoms with Crippen LogP contribution in [0.15, 0.2) is 38.6 Å². The molecule has 0 amide bonds. The molecule has 0 fully saturated rings. The Labute approximate surface area is 141 Å². The molecule has 0 saturated carbocycles. The quantitative estimate of drug-likeness (QED) is 0.709. The van der Waals surface area contributed by atoms with E-state index in [1.807, 2.05) is 0 Å². The summed E-state index contributed by atoms with van der Waals surface area (Å²) in [5.41, 5.74) is 2.52. The van der Waals surface area contributed by atoms with Crippen LogP contribution >= 0.6 is 43.2 Å². The molecule has 108 valence electrons. The van der Waals surface area contributed by atoms with Gasteiger partial charge in [0.25, 0.3) is 0 Å². The Kier molecular flexibility index (Phi) is 6.08. The largest absolute Gasteiger partial charge is 0.369 e. The van der Waals surface area contributed by atoms with Crippen molar-refractivity contribution in [3.8, 4) is 0 Å². The average Bonchev–Trinajstić information content (AvgIpc) is 2.81. The van der Waals surface area contributed by atoms with Gasteiger partial charge in [0, 0.05) is 32.8 Å². The highest BCUT2D eigenvalue weighted by atomic mass is 79.9. The van der Waals surface area contributed by atoms with Crippen LogP contribution in [0.25, 0.3) is 0 Å². The zero-order valence-corrected chi connectivity index (χ0v) is 15.6. The van der Waals surface area contributed by atoms with E-state index in [9.17, 15) is 0 Å². The van der Waals surface area contributed by atoms with Crippen LogP contribution in [0.5, 0.6) is 0 Å². The van der Waals surface area contributed by atoms with Crippen molar-refractivity contribution in [3.63, 3.8) is 0 Å². The molecule has 20 heavy (non-hydrogen) atoms. The van der Waals surface area contributed by atoms with Gasteiger partial charge in [-0.2, -0.15) is 0 Å². The fourth-order valence-corrected chi connectivity index (χ4v) is 4.23. The summed E-state index contributed by atoms with van der Waals surface area (Å²) in [7, 11) is 2.12. The molecule has 0 radical (unpaired) electrons. The summed E-state index contributed by atoms with van der Waals surface area (Å²) in [6.07, 6.45) is 0. The van der Waals surface area contributed by atoms with E-state index in [-0.39, 0.29) is 0 Å². The maximum atomic E-state index is 3.68. The third kappa shape index (κ3) is 4.32. The summed E-state index contributed by atoms with van der Waals surface area (Å²) in [4.78, 5) is 3.61. The smallest absolute Gasteiger partial charge is 0.0520 e. The Morgan fingerprint density at radius 3 is 2.65 bits per heavy atom. The Balaban J connectivity index is 2.07. The molecule has 1 aromatic heterocycles. The first-order chi connectivity index (χ1) is 9.60. The van der Waals surface area contributed by atoms with Crippen molar-refractivity contribution >= 4 is 48.9 Å². The zero-order valence-electron chi connectivity index (χ0n) is 11.6. The van der Waals surface area contributed by atoms with Gasteiger partial charge in [-0.1, -0.05) is 13.0 Å². The predicted octanol–water partition coefficient (Wildman–Crippen LogP) is 5.02. The maximum Gasteiger partial charge on any atom is 0.0520 e. The highest BCUT2D eigenvalue weighted by Crippen LogP contribution is 2.29. The lowest BCUT2D eigenvalue weighted by atomic mass is 10.2. The Hall–Kier alpha value is -0.360. The number of thiophene rings is 1. The van der Waals surface area contributed by atoms with E-state index >= 15 is 0 Å². The molecule has 0 bridgehead atoms. The van der Waals surface area contributed by atoms with E-state index in [0.29, 0.717) is 0 Å². The summed E-state index contributed by atoms with van der Waals surface area (Å²) in [6, 6.07) is 8.73. The number of hydrogen-bond donors (Lipinski definition) is 1. The number of benzene rings is 1. The third-order valence-electron chi connectivity index (χ3n) is 3.02. The van der Waals surface area contributed by atoms with Crippen LogP contribution in [0.2, 0.25) is 0 Å². The fourth-order valence-electron chi connectivity index (χ4n) is 1.99. The lowest BCUT2D eigenvalue weighted by molar-refractivity contribution is 0.726. The van der Waals surface area contributed by atoms with E-state index in [4.69, 9.17) is 0 Å². The van der Waals surface area contributed by atoms with E-state index < -0.39 is 0 Å². The molecule has 0 saturated heterocycles. The number of rotatable bonds is 6. The van der Waals surface area contributed by atoms with Gasteiger partial charge in [0.05, 0.1) is 12.2 Å². The van der Waals surface area contributed by atoms with Gasteiger partial charge < -0.3 is 10.2 Å². The molecular formula is C15H18Br2N2S. The van der Waals surface area contributed by atoms with Crippen molar-refractivity contribution in [2.45, 2.75) is 20.0 Å². The summed E-state index contributed by atoms with van der Waals surface area (Å²) < 4.78 is 2.30. The van der Waals surface area contributed by atoms with Gasteiger partial charge in [-0.3, -0.25) is 0 Å². The van der Waals surface area contributed by atoms with Gasteiger partial charge in [-0.25, -0.2) is 0 Å². The minimum atomic E-state index is 0.914. The highest BCUT2D eigenvalue weighted by Gasteiger charge is 2.08. The minimum Gasteiger partial charge on any atom is -0.369 e. The first-order valence-corrected chi connectivity index (χ1v) is 9.00. The molecular weight excluding hydrogens is 400 g/mol. The number of hydrogen-bond acceptors (Lipinski definition) is 3. The standard InChI is InChI=1S/C15H18Br2N2S/c1-3-18-8-11-4-5-15(14(17)6-11)19(2)9-13-7-12(16)10-20-13/h4-7,10,18H,3,8-9H2,1-2H3. The van der Waals surface area contributed by atoms with Gasteiger partial charge in [-0.15, -0.1) is 11.3 Å². The van der Waals surface area contributed by atoms with Crippen molar-refractivity contribution in [2.24, 2.45) is 0 Å². The number of nitrogens with zero attached hydrogens (tertiary/aromatic N) is 1. The van der Waals surface area contributed by atoms with E-state index in [1.165, 1.54) is 16.1 Å². The SMILES string of the molecule is CCNCc1ccc(N(C)Cc2cc(Br)cs2)c(Br)c1. The van der Waals surface area contributed by atoms with Crippen molar-refractivity contribution in [2.75, 3.05) is 18.5 Å². The normalized spacial score (nSPS) is 10.8. The van der Waals surface area contributed by atoms with Gasteiger partial charge >= 0.3 is 0 Å². The molecule has 0 aliphatic rings. The molecule has 0 atom stereocenters. The second-order valence-electron chi connectivity index (χ2n) is 4.65. The van der Waals surface area contributed by atoms with E-state index in [2.05, 4.69) is 85.7 Å². The third-order valence-corrected chi connectivity index (χ3v) is 5.33.